The van der Waals surface area contributed by atoms with Gasteiger partial charge in [-0.05, 0) is 55.5 Å². The second kappa shape index (κ2) is 11.3. The third-order valence-electron chi connectivity index (χ3n) is 5.58. The zero-order valence-electron chi connectivity index (χ0n) is 18.2. The number of nitrogens with zero attached hydrogens (tertiary/aromatic N) is 1. The van der Waals surface area contributed by atoms with Gasteiger partial charge >= 0.3 is 0 Å². The molecule has 3 rings (SSSR count). The van der Waals surface area contributed by atoms with Crippen LogP contribution in [-0.2, 0) is 21.2 Å². The minimum atomic E-state index is -3.57. The molecule has 1 saturated heterocycles. The van der Waals surface area contributed by atoms with Gasteiger partial charge in [-0.25, -0.2) is 8.42 Å². The molecule has 1 aliphatic heterocycles. The number of carbonyl (C=O) groups excluding carboxylic acids is 1. The number of nitrogens with one attached hydrogen (secondary N) is 2. The van der Waals surface area contributed by atoms with E-state index in [1.165, 1.54) is 4.31 Å². The summed E-state index contributed by atoms with van der Waals surface area (Å²) in [6.07, 6.45) is 4.80. The lowest BCUT2D eigenvalue weighted by molar-refractivity contribution is -0.122. The van der Waals surface area contributed by atoms with E-state index in [0.717, 1.165) is 43.5 Å². The molecule has 1 unspecified atom stereocenters. The van der Waals surface area contributed by atoms with Crippen LogP contribution in [0.25, 0.3) is 0 Å². The van der Waals surface area contributed by atoms with Gasteiger partial charge in [0.25, 0.3) is 0 Å². The van der Waals surface area contributed by atoms with Crippen molar-refractivity contribution in [3.63, 3.8) is 0 Å². The Morgan fingerprint density at radius 1 is 1.10 bits per heavy atom. The molecule has 2 aromatic rings. The summed E-state index contributed by atoms with van der Waals surface area (Å²) in [5, 5.41) is 6.33. The van der Waals surface area contributed by atoms with Crippen LogP contribution >= 0.6 is 0 Å². The molecule has 2 aromatic carbocycles. The van der Waals surface area contributed by atoms with Crippen molar-refractivity contribution < 1.29 is 13.2 Å². The molecule has 0 bridgehead atoms. The van der Waals surface area contributed by atoms with Gasteiger partial charge in [-0.1, -0.05) is 43.7 Å². The summed E-state index contributed by atoms with van der Waals surface area (Å²) >= 11 is 0. The molecule has 1 heterocycles. The standard InChI is InChI=1S/C24H33N3O3S/c1-2-3-17-25-21-12-14-23(15-13-21)31(29,30)27-18-7-10-22(19-27)26-24(28)16-11-20-8-5-4-6-9-20/h4-6,8-9,12-15,22,25H,2-3,7,10-11,16-19H2,1H3,(H,26,28). The Morgan fingerprint density at radius 2 is 1.84 bits per heavy atom. The van der Waals surface area contributed by atoms with Crippen molar-refractivity contribution in [2.75, 3.05) is 25.0 Å². The van der Waals surface area contributed by atoms with E-state index in [1.54, 1.807) is 12.1 Å². The van der Waals surface area contributed by atoms with Gasteiger partial charge in [0, 0.05) is 37.8 Å². The Bertz CT molecular complexity index is 930. The number of piperidine rings is 1. The Hall–Kier alpha value is -2.38. The van der Waals surface area contributed by atoms with E-state index in [9.17, 15) is 13.2 Å². The minimum Gasteiger partial charge on any atom is -0.385 e. The smallest absolute Gasteiger partial charge is 0.243 e. The van der Waals surface area contributed by atoms with Gasteiger partial charge in [0.15, 0.2) is 0 Å². The molecule has 2 N–H and O–H groups in total. The molecule has 0 aliphatic carbocycles. The minimum absolute atomic E-state index is 0.0318. The molecular formula is C24H33N3O3S. The highest BCUT2D eigenvalue weighted by molar-refractivity contribution is 7.89. The molecule has 0 spiro atoms. The summed E-state index contributed by atoms with van der Waals surface area (Å²) in [5.74, 6) is -0.0318. The van der Waals surface area contributed by atoms with Gasteiger partial charge in [0.1, 0.15) is 0 Å². The van der Waals surface area contributed by atoms with Crippen molar-refractivity contribution in [3.8, 4) is 0 Å². The summed E-state index contributed by atoms with van der Waals surface area (Å²) in [4.78, 5) is 12.7. The molecule has 0 radical (unpaired) electrons. The van der Waals surface area contributed by atoms with Gasteiger partial charge in [-0.15, -0.1) is 0 Å². The van der Waals surface area contributed by atoms with E-state index in [1.807, 2.05) is 42.5 Å². The average molecular weight is 444 g/mol. The maximum atomic E-state index is 13.1. The summed E-state index contributed by atoms with van der Waals surface area (Å²) in [5.41, 5.74) is 2.05. The van der Waals surface area contributed by atoms with E-state index in [4.69, 9.17) is 0 Å². The average Bonchev–Trinajstić information content (AvgIpc) is 2.79. The normalized spacial score (nSPS) is 17.3. The van der Waals surface area contributed by atoms with Crippen molar-refractivity contribution in [1.29, 1.82) is 0 Å². The molecule has 1 amide bonds. The monoisotopic (exact) mass is 443 g/mol. The Balaban J connectivity index is 1.54. The van der Waals surface area contributed by atoms with E-state index in [2.05, 4.69) is 17.6 Å². The number of hydrogen-bond acceptors (Lipinski definition) is 4. The van der Waals surface area contributed by atoms with Crippen molar-refractivity contribution >= 4 is 21.6 Å². The Morgan fingerprint density at radius 3 is 2.55 bits per heavy atom. The highest BCUT2D eigenvalue weighted by Crippen LogP contribution is 2.22. The molecular weight excluding hydrogens is 410 g/mol. The van der Waals surface area contributed by atoms with E-state index in [-0.39, 0.29) is 11.9 Å². The fourth-order valence-electron chi connectivity index (χ4n) is 3.78. The van der Waals surface area contributed by atoms with Gasteiger partial charge in [0.2, 0.25) is 15.9 Å². The largest absolute Gasteiger partial charge is 0.385 e. The number of carbonyl (C=O) groups is 1. The first kappa shape index (κ1) is 23.3. The number of hydrogen-bond donors (Lipinski definition) is 2. The summed E-state index contributed by atoms with van der Waals surface area (Å²) in [7, 11) is -3.57. The van der Waals surface area contributed by atoms with E-state index in [0.29, 0.717) is 30.8 Å². The van der Waals surface area contributed by atoms with Crippen LogP contribution in [0.4, 0.5) is 5.69 Å². The molecule has 1 atom stereocenters. The molecule has 7 heteroatoms. The van der Waals surface area contributed by atoms with Crippen LogP contribution < -0.4 is 10.6 Å². The predicted molar refractivity (Wildman–Crippen MR) is 125 cm³/mol. The number of amides is 1. The highest BCUT2D eigenvalue weighted by atomic mass is 32.2. The third kappa shape index (κ3) is 6.80. The van der Waals surface area contributed by atoms with E-state index < -0.39 is 10.0 Å². The topological polar surface area (TPSA) is 78.5 Å². The van der Waals surface area contributed by atoms with Gasteiger partial charge in [-0.2, -0.15) is 4.31 Å². The van der Waals surface area contributed by atoms with Crippen molar-refractivity contribution in [2.24, 2.45) is 0 Å². The summed E-state index contributed by atoms with van der Waals surface area (Å²) < 4.78 is 27.7. The Kier molecular flexibility index (Phi) is 8.49. The summed E-state index contributed by atoms with van der Waals surface area (Å²) in [6.45, 7) is 3.81. The number of sulfonamides is 1. The zero-order valence-corrected chi connectivity index (χ0v) is 19.0. The predicted octanol–water partition coefficient (Wildman–Crippen LogP) is 3.80. The molecule has 0 aromatic heterocycles. The number of rotatable bonds is 10. The molecule has 168 valence electrons. The first-order valence-corrected chi connectivity index (χ1v) is 12.6. The van der Waals surface area contributed by atoms with Crippen LogP contribution in [0.15, 0.2) is 59.5 Å². The number of aryl methyl sites for hydroxylation is 1. The van der Waals surface area contributed by atoms with Crippen molar-refractivity contribution in [1.82, 2.24) is 9.62 Å². The van der Waals surface area contributed by atoms with Crippen LogP contribution in [0.1, 0.15) is 44.6 Å². The van der Waals surface area contributed by atoms with Crippen LogP contribution in [0.3, 0.4) is 0 Å². The first-order valence-electron chi connectivity index (χ1n) is 11.2. The van der Waals surface area contributed by atoms with Crippen molar-refractivity contribution in [3.05, 3.63) is 60.2 Å². The van der Waals surface area contributed by atoms with Crippen LogP contribution in [-0.4, -0.2) is 44.3 Å². The number of benzene rings is 2. The van der Waals surface area contributed by atoms with Crippen LogP contribution in [0.5, 0.6) is 0 Å². The zero-order chi connectivity index (χ0) is 22.1. The number of anilines is 1. The SMILES string of the molecule is CCCCNc1ccc(S(=O)(=O)N2CCCC(NC(=O)CCc3ccccc3)C2)cc1. The molecule has 6 nitrogen and oxygen atoms in total. The first-order chi connectivity index (χ1) is 15.0. The van der Waals surface area contributed by atoms with Crippen LogP contribution in [0, 0.1) is 0 Å². The fourth-order valence-corrected chi connectivity index (χ4v) is 5.31. The lowest BCUT2D eigenvalue weighted by Gasteiger charge is -2.32. The highest BCUT2D eigenvalue weighted by Gasteiger charge is 2.30. The third-order valence-corrected chi connectivity index (χ3v) is 7.46. The Labute approximate surface area is 186 Å². The van der Waals surface area contributed by atoms with Gasteiger partial charge in [0.05, 0.1) is 4.90 Å². The molecule has 31 heavy (non-hydrogen) atoms. The number of unbranched alkanes of at least 4 members (excludes halogenated alkanes) is 1. The lowest BCUT2D eigenvalue weighted by Crippen LogP contribution is -2.49. The molecule has 1 aliphatic rings. The van der Waals surface area contributed by atoms with Gasteiger partial charge in [-0.3, -0.25) is 4.79 Å². The molecule has 0 saturated carbocycles. The summed E-state index contributed by atoms with van der Waals surface area (Å²) in [6, 6.07) is 16.7. The van der Waals surface area contributed by atoms with Gasteiger partial charge < -0.3 is 10.6 Å². The second-order valence-electron chi connectivity index (χ2n) is 8.06. The van der Waals surface area contributed by atoms with Crippen LogP contribution in [0.2, 0.25) is 0 Å². The maximum Gasteiger partial charge on any atom is 0.243 e. The lowest BCUT2D eigenvalue weighted by atomic mass is 10.1. The van der Waals surface area contributed by atoms with E-state index >= 15 is 0 Å². The maximum absolute atomic E-state index is 13.1. The quantitative estimate of drug-likeness (QED) is 0.548. The van der Waals surface area contributed by atoms with Crippen molar-refractivity contribution in [2.45, 2.75) is 56.4 Å². The fraction of sp³-hybridized carbons (Fsp3) is 0.458. The second-order valence-corrected chi connectivity index (χ2v) is 10.00. The molecule has 1 fully saturated rings.